The number of benzene rings is 2. The van der Waals surface area contributed by atoms with E-state index >= 15 is 0 Å². The number of fused-ring (bicyclic) bond motifs is 1. The number of nitrogens with zero attached hydrogens (tertiary/aromatic N) is 1. The van der Waals surface area contributed by atoms with Crippen molar-refractivity contribution in [1.29, 1.82) is 0 Å². The Morgan fingerprint density at radius 3 is 2.42 bits per heavy atom. The average Bonchev–Trinajstić information content (AvgIpc) is 2.82. The first-order valence-electron chi connectivity index (χ1n) is 6.89. The van der Waals surface area contributed by atoms with Crippen molar-refractivity contribution in [3.05, 3.63) is 60.8 Å². The predicted octanol–water partition coefficient (Wildman–Crippen LogP) is 4.96. The van der Waals surface area contributed by atoms with Gasteiger partial charge in [-0.3, -0.25) is 0 Å². The molecule has 1 heteroatoms. The van der Waals surface area contributed by atoms with Gasteiger partial charge in [0.05, 0.1) is 5.52 Å². The minimum Gasteiger partial charge on any atom is -0.347 e. The topological polar surface area (TPSA) is 4.93 Å². The molecule has 0 spiro atoms. The Morgan fingerprint density at radius 1 is 0.895 bits per heavy atom. The number of rotatable bonds is 3. The summed E-state index contributed by atoms with van der Waals surface area (Å²) in [6, 6.07) is 19.4. The van der Waals surface area contributed by atoms with E-state index in [1.54, 1.807) is 0 Å². The fourth-order valence-corrected chi connectivity index (χ4v) is 2.66. The first kappa shape index (κ1) is 12.0. The van der Waals surface area contributed by atoms with Crippen molar-refractivity contribution in [2.24, 2.45) is 5.92 Å². The average molecular weight is 249 g/mol. The smallest absolute Gasteiger partial charge is 0.0560 e. The molecule has 96 valence electrons. The lowest BCUT2D eigenvalue weighted by molar-refractivity contribution is 0.535. The lowest BCUT2D eigenvalue weighted by Gasteiger charge is -2.12. The highest BCUT2D eigenvalue weighted by Gasteiger charge is 2.08. The molecule has 3 aromatic rings. The highest BCUT2D eigenvalue weighted by molar-refractivity contribution is 5.94. The summed E-state index contributed by atoms with van der Waals surface area (Å²) in [5.41, 5.74) is 3.96. The Morgan fingerprint density at radius 2 is 1.68 bits per heavy atom. The molecule has 1 nitrogen and oxygen atoms in total. The van der Waals surface area contributed by atoms with Crippen LogP contribution in [-0.4, -0.2) is 4.57 Å². The van der Waals surface area contributed by atoms with Gasteiger partial charge >= 0.3 is 0 Å². The highest BCUT2D eigenvalue weighted by Crippen LogP contribution is 2.29. The van der Waals surface area contributed by atoms with Crippen LogP contribution in [0.1, 0.15) is 13.8 Å². The van der Waals surface area contributed by atoms with Gasteiger partial charge in [0, 0.05) is 23.7 Å². The summed E-state index contributed by atoms with van der Waals surface area (Å²) in [4.78, 5) is 0. The van der Waals surface area contributed by atoms with Crippen LogP contribution in [0.15, 0.2) is 60.8 Å². The second kappa shape index (κ2) is 4.93. The molecule has 0 amide bonds. The normalized spacial score (nSPS) is 11.3. The first-order valence-corrected chi connectivity index (χ1v) is 6.89. The molecule has 0 radical (unpaired) electrons. The Bertz CT molecular complexity index is 677. The molecule has 0 atom stereocenters. The van der Waals surface area contributed by atoms with Crippen LogP contribution in [0.25, 0.3) is 22.0 Å². The van der Waals surface area contributed by atoms with E-state index in [4.69, 9.17) is 0 Å². The number of para-hydroxylation sites is 1. The van der Waals surface area contributed by atoms with Gasteiger partial charge in [0.1, 0.15) is 0 Å². The zero-order chi connectivity index (χ0) is 13.2. The monoisotopic (exact) mass is 249 g/mol. The SMILES string of the molecule is CC(C)Cn1ccc2cccc(-c3ccccc3)c21. The first-order chi connectivity index (χ1) is 9.25. The van der Waals surface area contributed by atoms with E-state index in [1.165, 1.54) is 22.0 Å². The van der Waals surface area contributed by atoms with Crippen molar-refractivity contribution in [2.75, 3.05) is 0 Å². The number of aromatic nitrogens is 1. The van der Waals surface area contributed by atoms with Crippen LogP contribution in [0.3, 0.4) is 0 Å². The van der Waals surface area contributed by atoms with Crippen LogP contribution in [0.5, 0.6) is 0 Å². The van der Waals surface area contributed by atoms with E-state index in [1.807, 2.05) is 0 Å². The van der Waals surface area contributed by atoms with Crippen molar-refractivity contribution in [2.45, 2.75) is 20.4 Å². The molecule has 1 heterocycles. The molecule has 0 N–H and O–H groups in total. The predicted molar refractivity (Wildman–Crippen MR) is 82.2 cm³/mol. The van der Waals surface area contributed by atoms with Crippen LogP contribution < -0.4 is 0 Å². The molecule has 19 heavy (non-hydrogen) atoms. The zero-order valence-electron chi connectivity index (χ0n) is 11.5. The molecular formula is C18H19N. The standard InChI is InChI=1S/C18H19N/c1-14(2)13-19-12-11-16-9-6-10-17(18(16)19)15-7-4-3-5-8-15/h3-12,14H,13H2,1-2H3. The molecule has 0 fully saturated rings. The Balaban J connectivity index is 2.21. The largest absolute Gasteiger partial charge is 0.347 e. The third-order valence-corrected chi connectivity index (χ3v) is 3.44. The summed E-state index contributed by atoms with van der Waals surface area (Å²) in [7, 11) is 0. The van der Waals surface area contributed by atoms with Crippen LogP contribution in [0.4, 0.5) is 0 Å². The summed E-state index contributed by atoms with van der Waals surface area (Å²) in [5, 5.41) is 1.32. The van der Waals surface area contributed by atoms with Gasteiger partial charge in [-0.15, -0.1) is 0 Å². The van der Waals surface area contributed by atoms with E-state index in [-0.39, 0.29) is 0 Å². The fourth-order valence-electron chi connectivity index (χ4n) is 2.66. The lowest BCUT2D eigenvalue weighted by Crippen LogP contribution is -2.03. The van der Waals surface area contributed by atoms with Crippen molar-refractivity contribution in [1.82, 2.24) is 4.57 Å². The second-order valence-corrected chi connectivity index (χ2v) is 5.47. The van der Waals surface area contributed by atoms with E-state index in [0.717, 1.165) is 6.54 Å². The molecule has 2 aromatic carbocycles. The summed E-state index contributed by atoms with van der Waals surface area (Å²) >= 11 is 0. The molecule has 0 saturated carbocycles. The van der Waals surface area contributed by atoms with E-state index in [0.29, 0.717) is 5.92 Å². The van der Waals surface area contributed by atoms with Crippen LogP contribution in [0, 0.1) is 5.92 Å². The van der Waals surface area contributed by atoms with Crippen molar-refractivity contribution in [3.8, 4) is 11.1 Å². The third-order valence-electron chi connectivity index (χ3n) is 3.44. The fraction of sp³-hybridized carbons (Fsp3) is 0.222. The van der Waals surface area contributed by atoms with Gasteiger partial charge in [-0.1, -0.05) is 62.4 Å². The molecule has 0 aliphatic rings. The van der Waals surface area contributed by atoms with E-state index in [2.05, 4.69) is 79.2 Å². The third kappa shape index (κ3) is 2.28. The zero-order valence-corrected chi connectivity index (χ0v) is 11.5. The van der Waals surface area contributed by atoms with Gasteiger partial charge in [-0.2, -0.15) is 0 Å². The van der Waals surface area contributed by atoms with Gasteiger partial charge in [-0.05, 0) is 17.5 Å². The summed E-state index contributed by atoms with van der Waals surface area (Å²) in [5.74, 6) is 0.652. The molecule has 0 bridgehead atoms. The molecule has 3 rings (SSSR count). The Hall–Kier alpha value is -2.02. The van der Waals surface area contributed by atoms with Crippen molar-refractivity contribution < 1.29 is 0 Å². The lowest BCUT2D eigenvalue weighted by atomic mass is 10.0. The number of hydrogen-bond donors (Lipinski definition) is 0. The molecule has 0 aliphatic carbocycles. The van der Waals surface area contributed by atoms with Gasteiger partial charge in [0.15, 0.2) is 0 Å². The van der Waals surface area contributed by atoms with Crippen LogP contribution >= 0.6 is 0 Å². The number of hydrogen-bond acceptors (Lipinski definition) is 0. The van der Waals surface area contributed by atoms with Gasteiger partial charge in [0.25, 0.3) is 0 Å². The maximum absolute atomic E-state index is 2.38. The van der Waals surface area contributed by atoms with Crippen LogP contribution in [0.2, 0.25) is 0 Å². The molecule has 1 aromatic heterocycles. The van der Waals surface area contributed by atoms with Crippen molar-refractivity contribution in [3.63, 3.8) is 0 Å². The summed E-state index contributed by atoms with van der Waals surface area (Å²) in [6.45, 7) is 5.58. The van der Waals surface area contributed by atoms with Gasteiger partial charge < -0.3 is 4.57 Å². The molecule has 0 unspecified atom stereocenters. The minimum atomic E-state index is 0.652. The van der Waals surface area contributed by atoms with Gasteiger partial charge in [-0.25, -0.2) is 0 Å². The summed E-state index contributed by atoms with van der Waals surface area (Å²) < 4.78 is 2.38. The highest BCUT2D eigenvalue weighted by atomic mass is 15.0. The van der Waals surface area contributed by atoms with Crippen LogP contribution in [-0.2, 0) is 6.54 Å². The quantitative estimate of drug-likeness (QED) is 0.618. The summed E-state index contributed by atoms with van der Waals surface area (Å²) in [6.07, 6.45) is 2.21. The molecule has 0 saturated heterocycles. The van der Waals surface area contributed by atoms with Gasteiger partial charge in [0.2, 0.25) is 0 Å². The second-order valence-electron chi connectivity index (χ2n) is 5.47. The minimum absolute atomic E-state index is 0.652. The van der Waals surface area contributed by atoms with E-state index < -0.39 is 0 Å². The Kier molecular flexibility index (Phi) is 3.12. The van der Waals surface area contributed by atoms with Crippen molar-refractivity contribution >= 4 is 10.9 Å². The molecule has 0 aliphatic heterocycles. The Labute approximate surface area is 114 Å². The molecular weight excluding hydrogens is 230 g/mol. The maximum atomic E-state index is 2.38. The maximum Gasteiger partial charge on any atom is 0.0560 e. The van der Waals surface area contributed by atoms with E-state index in [9.17, 15) is 0 Å².